The molecule has 0 rings (SSSR count). The van der Waals surface area contributed by atoms with E-state index in [9.17, 15) is 0 Å². The van der Waals surface area contributed by atoms with Gasteiger partial charge in [0.15, 0.2) is 0 Å². The van der Waals surface area contributed by atoms with Crippen molar-refractivity contribution in [3.8, 4) is 0 Å². The van der Waals surface area contributed by atoms with Gasteiger partial charge in [0.1, 0.15) is 0 Å². The lowest BCUT2D eigenvalue weighted by atomic mass is 9.98. The molecule has 2 heteroatoms. The van der Waals surface area contributed by atoms with Gasteiger partial charge in [0, 0.05) is 0 Å². The second-order valence-corrected chi connectivity index (χ2v) is 5.60. The second kappa shape index (κ2) is 13.1. The third-order valence-corrected chi connectivity index (χ3v) is 3.31. The number of hydrogen-bond donors (Lipinski definition) is 2. The number of allylic oxidation sites excluding steroid dienone is 5. The minimum Gasteiger partial charge on any atom is -0.393 e. The van der Waals surface area contributed by atoms with Crippen molar-refractivity contribution in [3.05, 3.63) is 37.0 Å². The molecule has 0 aliphatic heterocycles. The summed E-state index contributed by atoms with van der Waals surface area (Å²) >= 11 is 0. The van der Waals surface area contributed by atoms with Crippen LogP contribution >= 0.6 is 0 Å². The Hall–Kier alpha value is -0.860. The van der Waals surface area contributed by atoms with Gasteiger partial charge in [-0.3, -0.25) is 0 Å². The standard InChI is InChI=1S/C18H32O2/c1-4-18(15-11-7-9-13-17(3)20)14-10-6-5-8-12-16(2)19/h4-7,11,16-20H,1,8-10,12-15H2,2-3H3/b6-5+,11-7-. The van der Waals surface area contributed by atoms with Crippen molar-refractivity contribution >= 4 is 0 Å². The van der Waals surface area contributed by atoms with Gasteiger partial charge in [0.25, 0.3) is 0 Å². The quantitative estimate of drug-likeness (QED) is 0.520. The zero-order valence-electron chi connectivity index (χ0n) is 13.2. The highest BCUT2D eigenvalue weighted by molar-refractivity contribution is 4.92. The predicted molar refractivity (Wildman–Crippen MR) is 87.6 cm³/mol. The minimum atomic E-state index is -0.207. The summed E-state index contributed by atoms with van der Waals surface area (Å²) in [5.74, 6) is 0.527. The Morgan fingerprint density at radius 2 is 1.25 bits per heavy atom. The molecule has 0 fully saturated rings. The van der Waals surface area contributed by atoms with Crippen LogP contribution in [0.4, 0.5) is 0 Å². The summed E-state index contributed by atoms with van der Waals surface area (Å²) in [6.07, 6.45) is 17.1. The predicted octanol–water partition coefficient (Wildman–Crippen LogP) is 4.39. The highest BCUT2D eigenvalue weighted by Crippen LogP contribution is 2.14. The molecule has 3 unspecified atom stereocenters. The number of hydrogen-bond acceptors (Lipinski definition) is 2. The Morgan fingerprint density at radius 3 is 1.70 bits per heavy atom. The van der Waals surface area contributed by atoms with Crippen LogP contribution in [0.3, 0.4) is 0 Å². The van der Waals surface area contributed by atoms with E-state index in [0.717, 1.165) is 44.9 Å². The molecule has 116 valence electrons. The van der Waals surface area contributed by atoms with E-state index in [1.807, 2.05) is 19.9 Å². The number of rotatable bonds is 12. The van der Waals surface area contributed by atoms with Gasteiger partial charge in [-0.15, -0.1) is 6.58 Å². The highest BCUT2D eigenvalue weighted by Gasteiger charge is 2.00. The van der Waals surface area contributed by atoms with Crippen LogP contribution in [0.1, 0.15) is 58.8 Å². The molecule has 3 atom stereocenters. The van der Waals surface area contributed by atoms with Crippen LogP contribution in [0.5, 0.6) is 0 Å². The maximum absolute atomic E-state index is 9.15. The van der Waals surface area contributed by atoms with Gasteiger partial charge >= 0.3 is 0 Å². The van der Waals surface area contributed by atoms with Crippen LogP contribution < -0.4 is 0 Å². The van der Waals surface area contributed by atoms with E-state index in [2.05, 4.69) is 30.9 Å². The van der Waals surface area contributed by atoms with Crippen molar-refractivity contribution in [2.24, 2.45) is 5.92 Å². The molecule has 2 N–H and O–H groups in total. The van der Waals surface area contributed by atoms with Crippen LogP contribution in [0.15, 0.2) is 37.0 Å². The molecule has 0 saturated carbocycles. The molecule has 0 aliphatic carbocycles. The van der Waals surface area contributed by atoms with Gasteiger partial charge in [0.2, 0.25) is 0 Å². The molecule has 0 radical (unpaired) electrons. The van der Waals surface area contributed by atoms with E-state index in [1.54, 1.807) is 0 Å². The molecule has 0 heterocycles. The van der Waals surface area contributed by atoms with E-state index < -0.39 is 0 Å². The normalized spacial score (nSPS) is 16.6. The Bertz CT molecular complexity index is 277. The van der Waals surface area contributed by atoms with Crippen LogP contribution in [0, 0.1) is 5.92 Å². The SMILES string of the molecule is C=CC(C/C=C\CCC(C)O)CC/C=C/CCC(C)O. The van der Waals surface area contributed by atoms with Crippen LogP contribution in [-0.4, -0.2) is 22.4 Å². The third kappa shape index (κ3) is 13.6. The molecule has 0 aromatic heterocycles. The van der Waals surface area contributed by atoms with Gasteiger partial charge in [-0.1, -0.05) is 30.4 Å². The first-order chi connectivity index (χ1) is 9.56. The molecule has 20 heavy (non-hydrogen) atoms. The summed E-state index contributed by atoms with van der Waals surface area (Å²) in [6, 6.07) is 0. The minimum absolute atomic E-state index is 0.202. The Balaban J connectivity index is 3.68. The van der Waals surface area contributed by atoms with Crippen LogP contribution in [0.2, 0.25) is 0 Å². The average Bonchev–Trinajstić information content (AvgIpc) is 2.39. The lowest BCUT2D eigenvalue weighted by Crippen LogP contribution is -1.97. The zero-order valence-corrected chi connectivity index (χ0v) is 13.2. The van der Waals surface area contributed by atoms with E-state index in [-0.39, 0.29) is 12.2 Å². The zero-order chi connectivity index (χ0) is 15.2. The maximum atomic E-state index is 9.15. The molecule has 0 aliphatic rings. The Labute approximate surface area is 124 Å². The summed E-state index contributed by atoms with van der Waals surface area (Å²) in [6.45, 7) is 7.54. The van der Waals surface area contributed by atoms with Gasteiger partial charge in [0.05, 0.1) is 12.2 Å². The van der Waals surface area contributed by atoms with Crippen molar-refractivity contribution in [1.82, 2.24) is 0 Å². The van der Waals surface area contributed by atoms with E-state index in [1.165, 1.54) is 0 Å². The molecular weight excluding hydrogens is 248 g/mol. The lowest BCUT2D eigenvalue weighted by molar-refractivity contribution is 0.185. The molecule has 2 nitrogen and oxygen atoms in total. The van der Waals surface area contributed by atoms with Crippen LogP contribution in [0.25, 0.3) is 0 Å². The van der Waals surface area contributed by atoms with Gasteiger partial charge < -0.3 is 10.2 Å². The maximum Gasteiger partial charge on any atom is 0.0515 e. The van der Waals surface area contributed by atoms with Crippen molar-refractivity contribution in [2.45, 2.75) is 71.0 Å². The average molecular weight is 280 g/mol. The van der Waals surface area contributed by atoms with Gasteiger partial charge in [-0.2, -0.15) is 0 Å². The van der Waals surface area contributed by atoms with Crippen molar-refractivity contribution in [2.75, 3.05) is 0 Å². The van der Waals surface area contributed by atoms with E-state index in [4.69, 9.17) is 10.2 Å². The molecule has 0 aromatic carbocycles. The first kappa shape index (κ1) is 19.1. The van der Waals surface area contributed by atoms with Gasteiger partial charge in [-0.25, -0.2) is 0 Å². The molecule has 0 amide bonds. The molecule has 0 spiro atoms. The van der Waals surface area contributed by atoms with E-state index in [0.29, 0.717) is 5.92 Å². The summed E-state index contributed by atoms with van der Waals surface area (Å²) in [5.41, 5.74) is 0. The molecule has 0 bridgehead atoms. The summed E-state index contributed by atoms with van der Waals surface area (Å²) in [7, 11) is 0. The molecular formula is C18H32O2. The second-order valence-electron chi connectivity index (χ2n) is 5.60. The summed E-state index contributed by atoms with van der Waals surface area (Å²) < 4.78 is 0. The topological polar surface area (TPSA) is 40.5 Å². The molecule has 0 aromatic rings. The number of aliphatic hydroxyl groups excluding tert-OH is 2. The highest BCUT2D eigenvalue weighted by atomic mass is 16.3. The largest absolute Gasteiger partial charge is 0.393 e. The summed E-state index contributed by atoms with van der Waals surface area (Å²) in [5, 5.41) is 18.3. The Morgan fingerprint density at radius 1 is 0.800 bits per heavy atom. The smallest absolute Gasteiger partial charge is 0.0515 e. The first-order valence-electron chi connectivity index (χ1n) is 7.85. The Kier molecular flexibility index (Phi) is 12.6. The third-order valence-electron chi connectivity index (χ3n) is 3.31. The van der Waals surface area contributed by atoms with Crippen LogP contribution in [-0.2, 0) is 0 Å². The fourth-order valence-electron chi connectivity index (χ4n) is 1.94. The fraction of sp³-hybridized carbons (Fsp3) is 0.667. The van der Waals surface area contributed by atoms with Crippen molar-refractivity contribution in [1.29, 1.82) is 0 Å². The monoisotopic (exact) mass is 280 g/mol. The summed E-state index contributed by atoms with van der Waals surface area (Å²) in [4.78, 5) is 0. The lowest BCUT2D eigenvalue weighted by Gasteiger charge is -2.07. The van der Waals surface area contributed by atoms with Crippen molar-refractivity contribution in [3.63, 3.8) is 0 Å². The van der Waals surface area contributed by atoms with Gasteiger partial charge in [-0.05, 0) is 64.7 Å². The van der Waals surface area contributed by atoms with Crippen molar-refractivity contribution < 1.29 is 10.2 Å². The first-order valence-corrected chi connectivity index (χ1v) is 7.85. The number of aliphatic hydroxyl groups is 2. The molecule has 0 saturated heterocycles. The fourth-order valence-corrected chi connectivity index (χ4v) is 1.94. The van der Waals surface area contributed by atoms with E-state index >= 15 is 0 Å².